The molecule has 0 spiro atoms. The fourth-order valence-corrected chi connectivity index (χ4v) is 2.15. The van der Waals surface area contributed by atoms with Crippen LogP contribution >= 0.6 is 0 Å². The molecule has 3 rings (SSSR count). The van der Waals surface area contributed by atoms with Crippen LogP contribution in [0.25, 0.3) is 11.2 Å². The van der Waals surface area contributed by atoms with Gasteiger partial charge in [0.25, 0.3) is 0 Å². The van der Waals surface area contributed by atoms with E-state index in [1.54, 1.807) is 17.1 Å². The molecule has 0 bridgehead atoms. The first-order valence-corrected chi connectivity index (χ1v) is 5.89. The minimum Gasteiger partial charge on any atom is -0.368 e. The monoisotopic (exact) mass is 252 g/mol. The van der Waals surface area contributed by atoms with Gasteiger partial charge in [-0.3, -0.25) is 9.36 Å². The van der Waals surface area contributed by atoms with Crippen LogP contribution in [-0.4, -0.2) is 20.4 Å². The van der Waals surface area contributed by atoms with Gasteiger partial charge in [-0.25, -0.2) is 9.97 Å². The third kappa shape index (κ3) is 1.95. The molecule has 5 heteroatoms. The van der Waals surface area contributed by atoms with E-state index in [4.69, 9.17) is 5.73 Å². The number of amides is 1. The van der Waals surface area contributed by atoms with Gasteiger partial charge in [0.15, 0.2) is 5.65 Å². The molecule has 0 aliphatic carbocycles. The number of aromatic nitrogens is 3. The van der Waals surface area contributed by atoms with Crippen molar-refractivity contribution in [1.29, 1.82) is 0 Å². The van der Waals surface area contributed by atoms with Crippen molar-refractivity contribution in [3.05, 3.63) is 60.6 Å². The molecule has 0 radical (unpaired) electrons. The lowest BCUT2D eigenvalue weighted by atomic mass is 10.1. The third-order valence-corrected chi connectivity index (χ3v) is 2.99. The Morgan fingerprint density at radius 2 is 1.89 bits per heavy atom. The lowest BCUT2D eigenvalue weighted by Crippen LogP contribution is -2.27. The van der Waals surface area contributed by atoms with E-state index in [9.17, 15) is 4.79 Å². The standard InChI is InChI=1S/C14H12N4O/c15-13(19)12(10-5-2-1-3-6-10)18-9-17-11-7-4-8-16-14(11)18/h1-9,12H,(H2,15,19). The average molecular weight is 252 g/mol. The Balaban J connectivity index is 2.18. The smallest absolute Gasteiger partial charge is 0.245 e. The van der Waals surface area contributed by atoms with E-state index in [2.05, 4.69) is 9.97 Å². The molecular weight excluding hydrogens is 240 g/mol. The summed E-state index contributed by atoms with van der Waals surface area (Å²) in [6.45, 7) is 0. The predicted molar refractivity (Wildman–Crippen MR) is 71.3 cm³/mol. The van der Waals surface area contributed by atoms with Crippen LogP contribution in [0.15, 0.2) is 55.0 Å². The summed E-state index contributed by atoms with van der Waals surface area (Å²) < 4.78 is 1.70. The van der Waals surface area contributed by atoms with Crippen molar-refractivity contribution in [3.8, 4) is 0 Å². The molecular formula is C14H12N4O. The molecule has 0 saturated carbocycles. The van der Waals surface area contributed by atoms with Crippen LogP contribution in [0, 0.1) is 0 Å². The number of fused-ring (bicyclic) bond motifs is 1. The number of hydrogen-bond acceptors (Lipinski definition) is 3. The van der Waals surface area contributed by atoms with Crippen LogP contribution in [0.3, 0.4) is 0 Å². The lowest BCUT2D eigenvalue weighted by molar-refractivity contribution is -0.120. The molecule has 94 valence electrons. The van der Waals surface area contributed by atoms with Crippen LogP contribution < -0.4 is 5.73 Å². The van der Waals surface area contributed by atoms with Gasteiger partial charge in [-0.15, -0.1) is 0 Å². The van der Waals surface area contributed by atoms with Crippen LogP contribution in [0.5, 0.6) is 0 Å². The summed E-state index contributed by atoms with van der Waals surface area (Å²) in [4.78, 5) is 20.3. The maximum atomic E-state index is 11.8. The molecule has 3 aromatic rings. The van der Waals surface area contributed by atoms with Crippen LogP contribution in [0.4, 0.5) is 0 Å². The highest BCUT2D eigenvalue weighted by Crippen LogP contribution is 2.21. The second kappa shape index (κ2) is 4.53. The summed E-state index contributed by atoms with van der Waals surface area (Å²) in [5, 5.41) is 0. The number of hydrogen-bond donors (Lipinski definition) is 1. The van der Waals surface area contributed by atoms with Gasteiger partial charge in [-0.05, 0) is 17.7 Å². The summed E-state index contributed by atoms with van der Waals surface area (Å²) in [5.41, 5.74) is 7.74. The number of nitrogens with two attached hydrogens (primary N) is 1. The Morgan fingerprint density at radius 1 is 1.11 bits per heavy atom. The van der Waals surface area contributed by atoms with Crippen molar-refractivity contribution in [3.63, 3.8) is 0 Å². The fraction of sp³-hybridized carbons (Fsp3) is 0.0714. The summed E-state index contributed by atoms with van der Waals surface area (Å²) in [5.74, 6) is -0.434. The molecule has 1 atom stereocenters. The van der Waals surface area contributed by atoms with E-state index in [0.29, 0.717) is 5.65 Å². The van der Waals surface area contributed by atoms with Gasteiger partial charge < -0.3 is 5.73 Å². The molecule has 0 saturated heterocycles. The SMILES string of the molecule is NC(=O)C(c1ccccc1)n1cnc2cccnc21. The number of nitrogens with zero attached hydrogens (tertiary/aromatic N) is 3. The van der Waals surface area contributed by atoms with E-state index < -0.39 is 11.9 Å². The number of benzene rings is 1. The molecule has 1 unspecified atom stereocenters. The summed E-state index contributed by atoms with van der Waals surface area (Å²) >= 11 is 0. The molecule has 0 aliphatic rings. The molecule has 2 aromatic heterocycles. The summed E-state index contributed by atoms with van der Waals surface area (Å²) in [7, 11) is 0. The second-order valence-electron chi connectivity index (χ2n) is 4.21. The zero-order valence-electron chi connectivity index (χ0n) is 10.1. The van der Waals surface area contributed by atoms with Gasteiger partial charge in [-0.2, -0.15) is 0 Å². The minimum atomic E-state index is -0.596. The molecule has 19 heavy (non-hydrogen) atoms. The van der Waals surface area contributed by atoms with E-state index in [1.165, 1.54) is 0 Å². The van der Waals surface area contributed by atoms with Crippen molar-refractivity contribution in [2.75, 3.05) is 0 Å². The van der Waals surface area contributed by atoms with Crippen molar-refractivity contribution in [2.24, 2.45) is 5.73 Å². The highest BCUT2D eigenvalue weighted by molar-refractivity contribution is 5.84. The predicted octanol–water partition coefficient (Wildman–Crippen LogP) is 1.51. The van der Waals surface area contributed by atoms with Gasteiger partial charge in [-0.1, -0.05) is 30.3 Å². The first-order valence-electron chi connectivity index (χ1n) is 5.89. The number of pyridine rings is 1. The Bertz CT molecular complexity index is 720. The molecule has 0 aliphatic heterocycles. The zero-order chi connectivity index (χ0) is 13.2. The maximum absolute atomic E-state index is 11.8. The van der Waals surface area contributed by atoms with E-state index in [0.717, 1.165) is 11.1 Å². The largest absolute Gasteiger partial charge is 0.368 e. The van der Waals surface area contributed by atoms with Gasteiger partial charge in [0.1, 0.15) is 11.6 Å². The van der Waals surface area contributed by atoms with Crippen molar-refractivity contribution in [2.45, 2.75) is 6.04 Å². The minimum absolute atomic E-state index is 0.434. The van der Waals surface area contributed by atoms with Crippen LogP contribution in [0.1, 0.15) is 11.6 Å². The number of imidazole rings is 1. The molecule has 2 N–H and O–H groups in total. The zero-order valence-corrected chi connectivity index (χ0v) is 10.1. The Kier molecular flexibility index (Phi) is 2.72. The van der Waals surface area contributed by atoms with E-state index in [1.807, 2.05) is 42.5 Å². The number of primary amides is 1. The normalized spacial score (nSPS) is 12.4. The van der Waals surface area contributed by atoms with Gasteiger partial charge in [0.2, 0.25) is 5.91 Å². The Labute approximate surface area is 109 Å². The second-order valence-corrected chi connectivity index (χ2v) is 4.21. The number of carbonyl (C=O) groups is 1. The number of rotatable bonds is 3. The highest BCUT2D eigenvalue weighted by atomic mass is 16.1. The first-order chi connectivity index (χ1) is 9.27. The third-order valence-electron chi connectivity index (χ3n) is 2.99. The number of carbonyl (C=O) groups excluding carboxylic acids is 1. The Morgan fingerprint density at radius 3 is 2.63 bits per heavy atom. The van der Waals surface area contributed by atoms with E-state index in [-0.39, 0.29) is 0 Å². The molecule has 5 nitrogen and oxygen atoms in total. The quantitative estimate of drug-likeness (QED) is 0.767. The molecule has 1 aromatic carbocycles. The van der Waals surface area contributed by atoms with Crippen LogP contribution in [0.2, 0.25) is 0 Å². The molecule has 2 heterocycles. The molecule has 1 amide bonds. The fourth-order valence-electron chi connectivity index (χ4n) is 2.15. The van der Waals surface area contributed by atoms with Crippen LogP contribution in [-0.2, 0) is 4.79 Å². The topological polar surface area (TPSA) is 73.8 Å². The highest BCUT2D eigenvalue weighted by Gasteiger charge is 2.21. The van der Waals surface area contributed by atoms with Gasteiger partial charge in [0.05, 0.1) is 6.33 Å². The lowest BCUT2D eigenvalue weighted by Gasteiger charge is -2.15. The van der Waals surface area contributed by atoms with Crippen molar-refractivity contribution in [1.82, 2.24) is 14.5 Å². The summed E-state index contributed by atoms with van der Waals surface area (Å²) in [6.07, 6.45) is 3.27. The maximum Gasteiger partial charge on any atom is 0.245 e. The van der Waals surface area contributed by atoms with Crippen molar-refractivity contribution >= 4 is 17.1 Å². The first kappa shape index (κ1) is 11.4. The van der Waals surface area contributed by atoms with E-state index >= 15 is 0 Å². The average Bonchev–Trinajstić information content (AvgIpc) is 2.84. The van der Waals surface area contributed by atoms with Gasteiger partial charge in [0, 0.05) is 6.20 Å². The van der Waals surface area contributed by atoms with Gasteiger partial charge >= 0.3 is 0 Å². The Hall–Kier alpha value is -2.69. The summed E-state index contributed by atoms with van der Waals surface area (Å²) in [6, 6.07) is 12.4. The van der Waals surface area contributed by atoms with Crippen molar-refractivity contribution < 1.29 is 4.79 Å². The molecule has 0 fully saturated rings.